The molecule has 2 rings (SSSR count). The van der Waals surface area contributed by atoms with Crippen molar-refractivity contribution in [2.24, 2.45) is 0 Å². The molecule has 2 aliphatic rings. The van der Waals surface area contributed by atoms with Crippen molar-refractivity contribution in [2.75, 3.05) is 12.9 Å². The van der Waals surface area contributed by atoms with Gasteiger partial charge in [0.2, 0.25) is 22.1 Å². The van der Waals surface area contributed by atoms with E-state index in [1.54, 1.807) is 0 Å². The molecule has 13 nitrogen and oxygen atoms in total. The van der Waals surface area contributed by atoms with Gasteiger partial charge in [-0.1, -0.05) is 0 Å². The van der Waals surface area contributed by atoms with E-state index in [2.05, 4.69) is 0 Å². The largest absolute Gasteiger partial charge is 0.475 e. The summed E-state index contributed by atoms with van der Waals surface area (Å²) in [6, 6.07) is -1.59. The van der Waals surface area contributed by atoms with Crippen LogP contribution in [0, 0.1) is 0 Å². The van der Waals surface area contributed by atoms with Crippen LogP contribution in [0.3, 0.4) is 0 Å². The van der Waals surface area contributed by atoms with E-state index in [1.807, 2.05) is 4.72 Å². The lowest BCUT2D eigenvalue weighted by Gasteiger charge is -2.44. The highest BCUT2D eigenvalue weighted by Gasteiger charge is 2.49. The number of carboxylic acids is 1. The average Bonchev–Trinajstić information content (AvgIpc) is 2.56. The first-order chi connectivity index (χ1) is 12.4. The van der Waals surface area contributed by atoms with Gasteiger partial charge in [0.25, 0.3) is 0 Å². The van der Waals surface area contributed by atoms with Gasteiger partial charge in [-0.05, 0) is 6.08 Å². The van der Waals surface area contributed by atoms with Crippen molar-refractivity contribution < 1.29 is 58.1 Å². The molecule has 0 aliphatic carbocycles. The molecule has 0 aromatic carbocycles. The lowest BCUT2D eigenvalue weighted by Crippen LogP contribution is -2.65. The van der Waals surface area contributed by atoms with Gasteiger partial charge in [0.1, 0.15) is 36.6 Å². The van der Waals surface area contributed by atoms with Gasteiger partial charge in [0.15, 0.2) is 6.29 Å². The van der Waals surface area contributed by atoms with Crippen LogP contribution in [0.2, 0.25) is 0 Å². The summed E-state index contributed by atoms with van der Waals surface area (Å²) in [5, 5.41) is 58.2. The molecule has 2 aliphatic heterocycles. The third kappa shape index (κ3) is 5.13. The molecule has 0 bridgehead atoms. The number of carbonyl (C=O) groups is 1. The standard InChI is InChI=1S/C13H21NO12S/c1-27(22,23)14-7-9(18)10(6(3-15)24-12(7)21)26-13-8(17)4(16)2-5(25-13)11(19)20/h2,4,6-10,12-18,21H,3H2,1H3,(H,19,20)/t4-,6+,7+,8+,9+,10?,12?,13-/m0/s1. The van der Waals surface area contributed by atoms with E-state index < -0.39 is 77.5 Å². The van der Waals surface area contributed by atoms with E-state index in [0.717, 1.165) is 12.3 Å². The molecular formula is C13H21NO12S. The Morgan fingerprint density at radius 3 is 2.41 bits per heavy atom. The molecule has 0 saturated carbocycles. The zero-order valence-corrected chi connectivity index (χ0v) is 14.8. The lowest BCUT2D eigenvalue weighted by atomic mass is 9.97. The molecule has 0 aromatic heterocycles. The summed E-state index contributed by atoms with van der Waals surface area (Å²) in [6.45, 7) is -0.780. The van der Waals surface area contributed by atoms with Crippen molar-refractivity contribution >= 4 is 16.0 Å². The fourth-order valence-corrected chi connectivity index (χ4v) is 3.41. The normalized spacial score (nSPS) is 40.1. The molecular weight excluding hydrogens is 394 g/mol. The molecule has 7 N–H and O–H groups in total. The molecule has 0 aromatic rings. The maximum atomic E-state index is 11.4. The van der Waals surface area contributed by atoms with E-state index in [0.29, 0.717) is 0 Å². The SMILES string of the molecule is CS(=O)(=O)N[C@H]1C(O)O[C@H](CO)C(O[C@@H]2OC(C(=O)O)=C[C@H](O)[C@H]2O)[C@@H]1O. The highest BCUT2D eigenvalue weighted by Crippen LogP contribution is 2.28. The third-order valence-electron chi connectivity index (χ3n) is 3.92. The van der Waals surface area contributed by atoms with Crippen LogP contribution in [0.15, 0.2) is 11.8 Å². The molecule has 0 amide bonds. The number of nitrogens with one attached hydrogen (secondary N) is 1. The van der Waals surface area contributed by atoms with Gasteiger partial charge < -0.3 is 44.8 Å². The average molecular weight is 415 g/mol. The summed E-state index contributed by atoms with van der Waals surface area (Å²) in [6.07, 6.45) is -10.2. The number of aliphatic carboxylic acids is 1. The van der Waals surface area contributed by atoms with Crippen LogP contribution in [0.1, 0.15) is 0 Å². The highest BCUT2D eigenvalue weighted by atomic mass is 32.2. The molecule has 1 fully saturated rings. The van der Waals surface area contributed by atoms with Gasteiger partial charge in [-0.15, -0.1) is 0 Å². The van der Waals surface area contributed by atoms with Crippen molar-refractivity contribution in [3.63, 3.8) is 0 Å². The number of aliphatic hydroxyl groups excluding tert-OH is 5. The van der Waals surface area contributed by atoms with Crippen LogP contribution in [0.4, 0.5) is 0 Å². The smallest absolute Gasteiger partial charge is 0.371 e. The van der Waals surface area contributed by atoms with Crippen LogP contribution in [-0.4, -0.2) is 107 Å². The van der Waals surface area contributed by atoms with E-state index in [4.69, 9.17) is 19.3 Å². The predicted octanol–water partition coefficient (Wildman–Crippen LogP) is -4.59. The predicted molar refractivity (Wildman–Crippen MR) is 83.2 cm³/mol. The van der Waals surface area contributed by atoms with Gasteiger partial charge >= 0.3 is 5.97 Å². The van der Waals surface area contributed by atoms with Crippen molar-refractivity contribution in [1.82, 2.24) is 4.72 Å². The molecule has 27 heavy (non-hydrogen) atoms. The Labute approximate surface area is 153 Å². The minimum absolute atomic E-state index is 0.726. The van der Waals surface area contributed by atoms with E-state index in [9.17, 15) is 38.7 Å². The summed E-state index contributed by atoms with van der Waals surface area (Å²) >= 11 is 0. The topological polar surface area (TPSA) is 212 Å². The van der Waals surface area contributed by atoms with Crippen LogP contribution in [0.25, 0.3) is 0 Å². The van der Waals surface area contributed by atoms with Gasteiger partial charge in [-0.25, -0.2) is 17.9 Å². The zero-order valence-electron chi connectivity index (χ0n) is 13.9. The summed E-state index contributed by atoms with van der Waals surface area (Å²) in [5.41, 5.74) is 0. The van der Waals surface area contributed by atoms with Gasteiger partial charge in [0.05, 0.1) is 12.9 Å². The number of rotatable bonds is 6. The van der Waals surface area contributed by atoms with Crippen molar-refractivity contribution in [1.29, 1.82) is 0 Å². The van der Waals surface area contributed by atoms with Gasteiger partial charge in [-0.3, -0.25) is 0 Å². The second kappa shape index (κ2) is 8.34. The lowest BCUT2D eigenvalue weighted by molar-refractivity contribution is -0.305. The minimum atomic E-state index is -3.89. The van der Waals surface area contributed by atoms with Crippen LogP contribution >= 0.6 is 0 Å². The number of sulfonamides is 1. The fraction of sp³-hybridized carbons (Fsp3) is 0.769. The Morgan fingerprint density at radius 1 is 1.26 bits per heavy atom. The van der Waals surface area contributed by atoms with Crippen LogP contribution < -0.4 is 4.72 Å². The monoisotopic (exact) mass is 415 g/mol. The first-order valence-corrected chi connectivity index (χ1v) is 9.57. The van der Waals surface area contributed by atoms with Crippen molar-refractivity contribution in [3.8, 4) is 0 Å². The molecule has 1 saturated heterocycles. The number of hydrogen-bond acceptors (Lipinski definition) is 11. The van der Waals surface area contributed by atoms with Gasteiger partial charge in [-0.2, -0.15) is 0 Å². The van der Waals surface area contributed by atoms with Crippen molar-refractivity contribution in [3.05, 3.63) is 11.8 Å². The van der Waals surface area contributed by atoms with E-state index in [-0.39, 0.29) is 0 Å². The quantitative estimate of drug-likeness (QED) is 0.218. The Kier molecular flexibility index (Phi) is 6.77. The van der Waals surface area contributed by atoms with Gasteiger partial charge in [0, 0.05) is 0 Å². The molecule has 156 valence electrons. The molecule has 2 heterocycles. The Hall–Kier alpha value is -1.36. The number of carboxylic acid groups (broad SMARTS) is 1. The van der Waals surface area contributed by atoms with Crippen LogP contribution in [-0.2, 0) is 29.0 Å². The first-order valence-electron chi connectivity index (χ1n) is 7.67. The van der Waals surface area contributed by atoms with E-state index >= 15 is 0 Å². The maximum Gasteiger partial charge on any atom is 0.371 e. The Morgan fingerprint density at radius 2 is 1.89 bits per heavy atom. The molecule has 2 unspecified atom stereocenters. The summed E-state index contributed by atoms with van der Waals surface area (Å²) in [7, 11) is -3.89. The van der Waals surface area contributed by atoms with Crippen LogP contribution in [0.5, 0.6) is 0 Å². The molecule has 0 radical (unpaired) electrons. The van der Waals surface area contributed by atoms with Crippen molar-refractivity contribution in [2.45, 2.75) is 49.1 Å². The Bertz CT molecular complexity index is 681. The summed E-state index contributed by atoms with van der Waals surface area (Å²) in [5.74, 6) is -2.28. The summed E-state index contributed by atoms with van der Waals surface area (Å²) in [4.78, 5) is 11.0. The fourth-order valence-electron chi connectivity index (χ4n) is 2.66. The maximum absolute atomic E-state index is 11.4. The Balaban J connectivity index is 2.23. The molecule has 0 spiro atoms. The summed E-state index contributed by atoms with van der Waals surface area (Å²) < 4.78 is 40.0. The molecule has 14 heteroatoms. The second-order valence-corrected chi connectivity index (χ2v) is 7.84. The van der Waals surface area contributed by atoms with E-state index in [1.165, 1.54) is 0 Å². The highest BCUT2D eigenvalue weighted by molar-refractivity contribution is 7.88. The number of hydrogen-bond donors (Lipinski definition) is 7. The number of ether oxygens (including phenoxy) is 3. The first kappa shape index (κ1) is 21.9. The third-order valence-corrected chi connectivity index (χ3v) is 4.62. The zero-order chi connectivity index (χ0) is 20.5. The minimum Gasteiger partial charge on any atom is -0.475 e. The second-order valence-electron chi connectivity index (χ2n) is 6.06. The number of aliphatic hydroxyl groups is 5. The molecule has 8 atom stereocenters.